The van der Waals surface area contributed by atoms with E-state index in [0.29, 0.717) is 12.0 Å². The van der Waals surface area contributed by atoms with Crippen LogP contribution >= 0.6 is 0 Å². The number of alkyl halides is 3. The number of carbonyl (C=O) groups is 2. The minimum Gasteiger partial charge on any atom is -0.452 e. The standard InChI is InChI=1S/C17H18F3NO5S/c1-21(14-8-9-27(24,25)11-14)15(22)10-26-16(23)7-4-12-2-5-13(6-3-12)17(18,19)20/h2-7,14H,8-11H2,1H3/b7-4+/t14-/m1/s1. The Kier molecular flexibility index (Phi) is 6.30. The lowest BCUT2D eigenvalue weighted by atomic mass is 10.1. The Morgan fingerprint density at radius 1 is 1.26 bits per heavy atom. The van der Waals surface area contributed by atoms with E-state index < -0.39 is 46.1 Å². The molecule has 0 spiro atoms. The average Bonchev–Trinajstić information content (AvgIpc) is 2.96. The summed E-state index contributed by atoms with van der Waals surface area (Å²) in [6.07, 6.45) is -1.84. The molecule has 0 saturated carbocycles. The fourth-order valence-corrected chi connectivity index (χ4v) is 4.29. The lowest BCUT2D eigenvalue weighted by Crippen LogP contribution is -2.40. The van der Waals surface area contributed by atoms with E-state index in [0.717, 1.165) is 18.2 Å². The first kappa shape index (κ1) is 20.9. The monoisotopic (exact) mass is 405 g/mol. The molecule has 27 heavy (non-hydrogen) atoms. The highest BCUT2D eigenvalue weighted by Gasteiger charge is 2.33. The second-order valence-electron chi connectivity index (χ2n) is 6.12. The third-order valence-corrected chi connectivity index (χ3v) is 5.89. The minimum atomic E-state index is -4.44. The normalized spacial score (nSPS) is 19.2. The maximum Gasteiger partial charge on any atom is 0.416 e. The number of nitrogens with zero attached hydrogens (tertiary/aromatic N) is 1. The largest absolute Gasteiger partial charge is 0.452 e. The maximum atomic E-state index is 12.5. The van der Waals surface area contributed by atoms with E-state index in [1.807, 2.05) is 0 Å². The zero-order valence-corrected chi connectivity index (χ0v) is 15.2. The van der Waals surface area contributed by atoms with Crippen molar-refractivity contribution in [2.45, 2.75) is 18.6 Å². The van der Waals surface area contributed by atoms with Gasteiger partial charge >= 0.3 is 12.1 Å². The summed E-state index contributed by atoms with van der Waals surface area (Å²) in [5, 5.41) is 0. The van der Waals surface area contributed by atoms with Crippen molar-refractivity contribution < 1.29 is 35.9 Å². The van der Waals surface area contributed by atoms with Crippen molar-refractivity contribution in [3.8, 4) is 0 Å². The number of likely N-dealkylation sites (N-methyl/N-ethyl adjacent to an activating group) is 1. The van der Waals surface area contributed by atoms with Gasteiger partial charge in [-0.25, -0.2) is 13.2 Å². The van der Waals surface area contributed by atoms with Crippen LogP contribution in [-0.4, -0.2) is 56.4 Å². The van der Waals surface area contributed by atoms with Crippen molar-refractivity contribution in [3.63, 3.8) is 0 Å². The Morgan fingerprint density at radius 3 is 2.41 bits per heavy atom. The molecule has 1 atom stereocenters. The Morgan fingerprint density at radius 2 is 1.89 bits per heavy atom. The number of amides is 1. The van der Waals surface area contributed by atoms with Crippen molar-refractivity contribution in [1.82, 2.24) is 4.90 Å². The van der Waals surface area contributed by atoms with Crippen molar-refractivity contribution in [3.05, 3.63) is 41.5 Å². The molecule has 0 unspecified atom stereocenters. The number of carbonyl (C=O) groups excluding carboxylic acids is 2. The number of ether oxygens (including phenoxy) is 1. The first-order valence-corrected chi connectivity index (χ1v) is 9.78. The molecular weight excluding hydrogens is 387 g/mol. The number of benzene rings is 1. The van der Waals surface area contributed by atoms with Crippen LogP contribution in [0.2, 0.25) is 0 Å². The first-order valence-electron chi connectivity index (χ1n) is 7.96. The molecule has 10 heteroatoms. The van der Waals surface area contributed by atoms with Gasteiger partial charge < -0.3 is 9.64 Å². The van der Waals surface area contributed by atoms with Crippen LogP contribution in [0, 0.1) is 0 Å². The molecule has 0 radical (unpaired) electrons. The van der Waals surface area contributed by atoms with Crippen LogP contribution in [0.1, 0.15) is 17.5 Å². The van der Waals surface area contributed by atoms with Crippen molar-refractivity contribution in [2.24, 2.45) is 0 Å². The smallest absolute Gasteiger partial charge is 0.416 e. The molecule has 0 bridgehead atoms. The molecule has 6 nitrogen and oxygen atoms in total. The summed E-state index contributed by atoms with van der Waals surface area (Å²) in [6, 6.07) is 3.74. The molecule has 1 saturated heterocycles. The predicted octanol–water partition coefficient (Wildman–Crippen LogP) is 1.91. The SMILES string of the molecule is CN(C(=O)COC(=O)/C=C/c1ccc(C(F)(F)F)cc1)[C@@H]1CCS(=O)(=O)C1. The maximum absolute atomic E-state index is 12.5. The number of rotatable bonds is 5. The molecule has 148 valence electrons. The van der Waals surface area contributed by atoms with E-state index >= 15 is 0 Å². The van der Waals surface area contributed by atoms with Crippen LogP contribution in [-0.2, 0) is 30.3 Å². The van der Waals surface area contributed by atoms with Crippen molar-refractivity contribution >= 4 is 27.8 Å². The molecule has 0 aliphatic carbocycles. The van der Waals surface area contributed by atoms with E-state index in [1.54, 1.807) is 0 Å². The van der Waals surface area contributed by atoms with Gasteiger partial charge in [-0.1, -0.05) is 12.1 Å². The average molecular weight is 405 g/mol. The van der Waals surface area contributed by atoms with Gasteiger partial charge in [-0.05, 0) is 30.2 Å². The zero-order valence-electron chi connectivity index (χ0n) is 14.4. The highest BCUT2D eigenvalue weighted by atomic mass is 32.2. The number of esters is 1. The lowest BCUT2D eigenvalue weighted by Gasteiger charge is -2.22. The molecule has 1 aliphatic rings. The van der Waals surface area contributed by atoms with Crippen LogP contribution in [0.15, 0.2) is 30.3 Å². The predicted molar refractivity (Wildman–Crippen MR) is 91.3 cm³/mol. The molecule has 1 amide bonds. The summed E-state index contributed by atoms with van der Waals surface area (Å²) >= 11 is 0. The molecular formula is C17H18F3NO5S. The summed E-state index contributed by atoms with van der Waals surface area (Å²) in [7, 11) is -1.70. The van der Waals surface area contributed by atoms with E-state index in [2.05, 4.69) is 0 Å². The fraction of sp³-hybridized carbons (Fsp3) is 0.412. The van der Waals surface area contributed by atoms with E-state index in [9.17, 15) is 31.2 Å². The van der Waals surface area contributed by atoms with E-state index in [-0.39, 0.29) is 11.5 Å². The van der Waals surface area contributed by atoms with Gasteiger partial charge in [-0.15, -0.1) is 0 Å². The molecule has 0 N–H and O–H groups in total. The zero-order chi connectivity index (χ0) is 20.2. The van der Waals surface area contributed by atoms with E-state index in [4.69, 9.17) is 4.74 Å². The van der Waals surface area contributed by atoms with Crippen LogP contribution in [0.25, 0.3) is 6.08 Å². The summed E-state index contributed by atoms with van der Waals surface area (Å²) < 4.78 is 65.1. The van der Waals surface area contributed by atoms with Gasteiger partial charge in [-0.3, -0.25) is 4.79 Å². The molecule has 1 heterocycles. The van der Waals surface area contributed by atoms with Gasteiger partial charge in [0.2, 0.25) is 0 Å². The third kappa shape index (κ3) is 6.09. The Balaban J connectivity index is 1.83. The molecule has 1 fully saturated rings. The summed E-state index contributed by atoms with van der Waals surface area (Å²) in [5.74, 6) is -1.47. The van der Waals surface area contributed by atoms with Gasteiger partial charge in [0.05, 0.1) is 17.1 Å². The highest BCUT2D eigenvalue weighted by molar-refractivity contribution is 7.91. The van der Waals surface area contributed by atoms with Crippen molar-refractivity contribution in [2.75, 3.05) is 25.2 Å². The molecule has 2 rings (SSSR count). The van der Waals surface area contributed by atoms with Crippen LogP contribution in [0.5, 0.6) is 0 Å². The number of hydrogen-bond acceptors (Lipinski definition) is 5. The quantitative estimate of drug-likeness (QED) is 0.552. The Hall–Kier alpha value is -2.36. The summed E-state index contributed by atoms with van der Waals surface area (Å²) in [6.45, 7) is -0.552. The van der Waals surface area contributed by atoms with Crippen LogP contribution in [0.3, 0.4) is 0 Å². The third-order valence-electron chi connectivity index (χ3n) is 4.14. The molecule has 1 aliphatic heterocycles. The number of halogens is 3. The van der Waals surface area contributed by atoms with Crippen LogP contribution < -0.4 is 0 Å². The number of sulfone groups is 1. The van der Waals surface area contributed by atoms with Crippen LogP contribution in [0.4, 0.5) is 13.2 Å². The first-order chi connectivity index (χ1) is 12.5. The fourth-order valence-electron chi connectivity index (χ4n) is 2.51. The summed E-state index contributed by atoms with van der Waals surface area (Å²) in [5.41, 5.74) is -0.440. The molecule has 1 aromatic rings. The van der Waals surface area contributed by atoms with Gasteiger partial charge in [0.15, 0.2) is 16.4 Å². The summed E-state index contributed by atoms with van der Waals surface area (Å²) in [4.78, 5) is 24.9. The minimum absolute atomic E-state index is 0.0188. The van der Waals surface area contributed by atoms with Crippen molar-refractivity contribution in [1.29, 1.82) is 0 Å². The topological polar surface area (TPSA) is 80.8 Å². The van der Waals surface area contributed by atoms with Gasteiger partial charge in [-0.2, -0.15) is 13.2 Å². The van der Waals surface area contributed by atoms with Gasteiger partial charge in [0.1, 0.15) is 0 Å². The number of hydrogen-bond donors (Lipinski definition) is 0. The Bertz CT molecular complexity index is 831. The van der Waals surface area contributed by atoms with Gasteiger partial charge in [0.25, 0.3) is 5.91 Å². The highest BCUT2D eigenvalue weighted by Crippen LogP contribution is 2.29. The van der Waals surface area contributed by atoms with Gasteiger partial charge in [0, 0.05) is 19.2 Å². The van der Waals surface area contributed by atoms with E-state index in [1.165, 1.54) is 30.2 Å². The second kappa shape index (κ2) is 8.12. The molecule has 1 aromatic carbocycles. The second-order valence-corrected chi connectivity index (χ2v) is 8.35. The Labute approximate surface area is 154 Å². The lowest BCUT2D eigenvalue weighted by molar-refractivity contribution is -0.148. The molecule has 0 aromatic heterocycles.